The van der Waals surface area contributed by atoms with E-state index in [9.17, 15) is 18.0 Å². The summed E-state index contributed by atoms with van der Waals surface area (Å²) >= 11 is 0. The number of hydrogen-bond acceptors (Lipinski definition) is 2. The molecule has 0 aliphatic rings. The molecule has 1 rings (SSSR count). The average Bonchev–Trinajstić information content (AvgIpc) is 2.35. The van der Waals surface area contributed by atoms with Crippen molar-refractivity contribution in [3.05, 3.63) is 35.1 Å². The van der Waals surface area contributed by atoms with Crippen LogP contribution in [0.15, 0.2) is 12.1 Å². The number of aliphatic hydroxyl groups is 1. The first-order valence-corrected chi connectivity index (χ1v) is 5.93. The van der Waals surface area contributed by atoms with Crippen molar-refractivity contribution in [1.29, 1.82) is 0 Å². The van der Waals surface area contributed by atoms with Gasteiger partial charge in [-0.2, -0.15) is 0 Å². The summed E-state index contributed by atoms with van der Waals surface area (Å²) in [5.41, 5.74) is -0.553. The topological polar surface area (TPSA) is 49.3 Å². The largest absolute Gasteiger partial charge is 0.396 e. The lowest BCUT2D eigenvalue weighted by Crippen LogP contribution is -2.39. The fourth-order valence-electron chi connectivity index (χ4n) is 1.66. The summed E-state index contributed by atoms with van der Waals surface area (Å²) in [5.74, 6) is -5.34. The molecule has 1 aromatic rings. The number of benzene rings is 1. The summed E-state index contributed by atoms with van der Waals surface area (Å²) in [6, 6.07) is 1.22. The number of rotatable bonds is 5. The zero-order valence-corrected chi connectivity index (χ0v) is 10.7. The number of hydrogen-bond donors (Lipinski definition) is 2. The Labute approximate surface area is 109 Å². The van der Waals surface area contributed by atoms with E-state index < -0.39 is 28.9 Å². The van der Waals surface area contributed by atoms with Crippen LogP contribution in [0.3, 0.4) is 0 Å². The predicted molar refractivity (Wildman–Crippen MR) is 64.1 cm³/mol. The molecule has 106 valence electrons. The second-order valence-corrected chi connectivity index (χ2v) is 4.56. The third-order valence-corrected chi connectivity index (χ3v) is 2.84. The van der Waals surface area contributed by atoms with E-state index in [1.54, 1.807) is 0 Å². The number of halogens is 3. The van der Waals surface area contributed by atoms with Crippen LogP contribution in [-0.4, -0.2) is 23.7 Å². The van der Waals surface area contributed by atoms with E-state index >= 15 is 0 Å². The van der Waals surface area contributed by atoms with Gasteiger partial charge < -0.3 is 10.4 Å². The number of carbonyl (C=O) groups is 1. The molecule has 6 heteroatoms. The summed E-state index contributed by atoms with van der Waals surface area (Å²) in [5, 5.41) is 11.4. The number of nitrogens with one attached hydrogen (secondary N) is 1. The van der Waals surface area contributed by atoms with Crippen molar-refractivity contribution in [3.63, 3.8) is 0 Å². The van der Waals surface area contributed by atoms with Gasteiger partial charge in [0.1, 0.15) is 0 Å². The molecular weight excluding hydrogens is 259 g/mol. The van der Waals surface area contributed by atoms with Gasteiger partial charge in [0.15, 0.2) is 17.5 Å². The van der Waals surface area contributed by atoms with Gasteiger partial charge in [-0.15, -0.1) is 0 Å². The first-order chi connectivity index (χ1) is 8.88. The van der Waals surface area contributed by atoms with Crippen LogP contribution < -0.4 is 5.32 Å². The molecule has 2 N–H and O–H groups in total. The Hall–Kier alpha value is -1.56. The van der Waals surface area contributed by atoms with Gasteiger partial charge in [-0.3, -0.25) is 4.79 Å². The van der Waals surface area contributed by atoms with Crippen LogP contribution >= 0.6 is 0 Å². The third-order valence-electron chi connectivity index (χ3n) is 2.84. The van der Waals surface area contributed by atoms with Crippen LogP contribution in [0.25, 0.3) is 0 Å². The molecule has 0 spiro atoms. The molecule has 0 aromatic heterocycles. The van der Waals surface area contributed by atoms with Gasteiger partial charge in [-0.1, -0.05) is 13.8 Å². The predicted octanol–water partition coefficient (Wildman–Crippen LogP) is 2.24. The second kappa shape index (κ2) is 6.56. The Morgan fingerprint density at radius 2 is 1.89 bits per heavy atom. The average molecular weight is 275 g/mol. The number of amides is 1. The number of aliphatic hydroxyl groups excluding tert-OH is 1. The van der Waals surface area contributed by atoms with Crippen LogP contribution in [0.1, 0.15) is 30.6 Å². The molecule has 0 saturated heterocycles. The van der Waals surface area contributed by atoms with Gasteiger partial charge in [0.05, 0.1) is 5.56 Å². The maximum atomic E-state index is 13.4. The summed E-state index contributed by atoms with van der Waals surface area (Å²) in [7, 11) is 0. The Morgan fingerprint density at radius 1 is 1.26 bits per heavy atom. The molecule has 0 bridgehead atoms. The summed E-state index contributed by atoms with van der Waals surface area (Å²) in [4.78, 5) is 11.8. The van der Waals surface area contributed by atoms with Crippen LogP contribution in [-0.2, 0) is 0 Å². The van der Waals surface area contributed by atoms with Crippen LogP contribution in [0, 0.1) is 23.4 Å². The van der Waals surface area contributed by atoms with Crippen molar-refractivity contribution >= 4 is 5.91 Å². The maximum absolute atomic E-state index is 13.4. The second-order valence-electron chi connectivity index (χ2n) is 4.56. The highest BCUT2D eigenvalue weighted by molar-refractivity contribution is 5.94. The first-order valence-electron chi connectivity index (χ1n) is 5.93. The molecular formula is C13H16F3NO2. The Morgan fingerprint density at radius 3 is 2.42 bits per heavy atom. The molecule has 1 atom stereocenters. The Kier molecular flexibility index (Phi) is 5.35. The Bertz CT molecular complexity index is 463. The van der Waals surface area contributed by atoms with Gasteiger partial charge in [-0.05, 0) is 24.5 Å². The van der Waals surface area contributed by atoms with Gasteiger partial charge in [0.2, 0.25) is 0 Å². The molecule has 0 aliphatic heterocycles. The van der Waals surface area contributed by atoms with Crippen molar-refractivity contribution < 1.29 is 23.1 Å². The van der Waals surface area contributed by atoms with Gasteiger partial charge in [0, 0.05) is 12.6 Å². The third kappa shape index (κ3) is 3.70. The first kappa shape index (κ1) is 15.5. The molecule has 19 heavy (non-hydrogen) atoms. The quantitative estimate of drug-likeness (QED) is 0.810. The van der Waals surface area contributed by atoms with E-state index in [0.717, 1.165) is 6.07 Å². The van der Waals surface area contributed by atoms with Crippen LogP contribution in [0.4, 0.5) is 13.2 Å². The van der Waals surface area contributed by atoms with E-state index in [4.69, 9.17) is 5.11 Å². The molecule has 3 nitrogen and oxygen atoms in total. The van der Waals surface area contributed by atoms with Crippen molar-refractivity contribution in [2.24, 2.45) is 5.92 Å². The Balaban J connectivity index is 2.92. The minimum absolute atomic E-state index is 0.0180. The van der Waals surface area contributed by atoms with E-state index in [0.29, 0.717) is 12.5 Å². The van der Waals surface area contributed by atoms with E-state index in [-0.39, 0.29) is 18.6 Å². The monoisotopic (exact) mass is 275 g/mol. The highest BCUT2D eigenvalue weighted by Crippen LogP contribution is 2.16. The normalized spacial score (nSPS) is 12.6. The molecule has 1 amide bonds. The van der Waals surface area contributed by atoms with Crippen LogP contribution in [0.5, 0.6) is 0 Å². The molecule has 0 heterocycles. The summed E-state index contributed by atoms with van der Waals surface area (Å²) in [6.45, 7) is 3.51. The SMILES string of the molecule is CC(C)C(CCO)NC(=O)c1ccc(F)c(F)c1F. The maximum Gasteiger partial charge on any atom is 0.254 e. The van der Waals surface area contributed by atoms with Crippen molar-refractivity contribution in [2.45, 2.75) is 26.3 Å². The van der Waals surface area contributed by atoms with Crippen molar-refractivity contribution in [3.8, 4) is 0 Å². The zero-order valence-electron chi connectivity index (χ0n) is 10.7. The summed E-state index contributed by atoms with van der Waals surface area (Å²) in [6.07, 6.45) is 0.300. The number of carbonyl (C=O) groups excluding carboxylic acids is 1. The van der Waals surface area contributed by atoms with E-state index in [1.165, 1.54) is 0 Å². The molecule has 1 aromatic carbocycles. The standard InChI is InChI=1S/C13H16F3NO2/c1-7(2)10(5-6-18)17-13(19)8-3-4-9(14)12(16)11(8)15/h3-4,7,10,18H,5-6H2,1-2H3,(H,17,19). The summed E-state index contributed by atoms with van der Waals surface area (Å²) < 4.78 is 39.2. The molecule has 0 radical (unpaired) electrons. The lowest BCUT2D eigenvalue weighted by atomic mass is 10.0. The minimum atomic E-state index is -1.67. The highest BCUT2D eigenvalue weighted by Gasteiger charge is 2.22. The zero-order chi connectivity index (χ0) is 14.6. The minimum Gasteiger partial charge on any atom is -0.396 e. The van der Waals surface area contributed by atoms with Crippen LogP contribution in [0.2, 0.25) is 0 Å². The molecule has 0 aliphatic carbocycles. The van der Waals surface area contributed by atoms with Gasteiger partial charge >= 0.3 is 0 Å². The van der Waals surface area contributed by atoms with Gasteiger partial charge in [0.25, 0.3) is 5.91 Å². The lowest BCUT2D eigenvalue weighted by Gasteiger charge is -2.21. The molecule has 1 unspecified atom stereocenters. The fourth-order valence-corrected chi connectivity index (χ4v) is 1.66. The lowest BCUT2D eigenvalue weighted by molar-refractivity contribution is 0.0911. The highest BCUT2D eigenvalue weighted by atomic mass is 19.2. The molecule has 0 saturated carbocycles. The van der Waals surface area contributed by atoms with Gasteiger partial charge in [-0.25, -0.2) is 13.2 Å². The van der Waals surface area contributed by atoms with E-state index in [1.807, 2.05) is 13.8 Å². The van der Waals surface area contributed by atoms with E-state index in [2.05, 4.69) is 5.32 Å². The smallest absolute Gasteiger partial charge is 0.254 e. The molecule has 0 fully saturated rings. The van der Waals surface area contributed by atoms with Crippen molar-refractivity contribution in [1.82, 2.24) is 5.32 Å². The fraction of sp³-hybridized carbons (Fsp3) is 0.462. The van der Waals surface area contributed by atoms with Crippen molar-refractivity contribution in [2.75, 3.05) is 6.61 Å².